The molecule has 0 fully saturated rings. The lowest BCUT2D eigenvalue weighted by atomic mass is 10.2. The van der Waals surface area contributed by atoms with Crippen molar-refractivity contribution >= 4 is 35.0 Å². The van der Waals surface area contributed by atoms with Crippen LogP contribution < -0.4 is 10.6 Å². The first kappa shape index (κ1) is 21.4. The molecule has 1 atom stereocenters. The lowest BCUT2D eigenvalue weighted by Gasteiger charge is -2.19. The third kappa shape index (κ3) is 6.05. The van der Waals surface area contributed by atoms with Crippen molar-refractivity contribution in [1.29, 1.82) is 0 Å². The molecule has 0 bridgehead atoms. The van der Waals surface area contributed by atoms with Gasteiger partial charge in [-0.3, -0.25) is 10.1 Å². The highest BCUT2D eigenvalue weighted by atomic mass is 32.1. The molecule has 0 aliphatic rings. The molecule has 0 spiro atoms. The summed E-state index contributed by atoms with van der Waals surface area (Å²) in [5.74, 6) is -0.986. The molecule has 1 aromatic carbocycles. The molecule has 0 aliphatic heterocycles. The van der Waals surface area contributed by atoms with Crippen LogP contribution in [0.3, 0.4) is 0 Å². The number of ether oxygens (including phenoxy) is 2. The van der Waals surface area contributed by atoms with Gasteiger partial charge in [-0.15, -0.1) is 11.3 Å². The van der Waals surface area contributed by atoms with Gasteiger partial charge in [-0.05, 0) is 52.0 Å². The van der Waals surface area contributed by atoms with Gasteiger partial charge in [-0.1, -0.05) is 0 Å². The van der Waals surface area contributed by atoms with E-state index in [4.69, 9.17) is 4.74 Å². The van der Waals surface area contributed by atoms with Crippen LogP contribution in [0.2, 0.25) is 0 Å². The molecule has 0 radical (unpaired) electrons. The van der Waals surface area contributed by atoms with Crippen LogP contribution in [0.25, 0.3) is 10.6 Å². The fourth-order valence-electron chi connectivity index (χ4n) is 2.13. The number of hydrogen-bond donors (Lipinski definition) is 2. The van der Waals surface area contributed by atoms with E-state index in [1.807, 2.05) is 0 Å². The van der Waals surface area contributed by atoms with Crippen molar-refractivity contribution in [3.05, 3.63) is 35.3 Å². The zero-order valence-electron chi connectivity index (χ0n) is 16.4. The summed E-state index contributed by atoms with van der Waals surface area (Å²) in [6.45, 7) is 6.90. The Morgan fingerprint density at radius 1 is 1.14 bits per heavy atom. The molecule has 0 unspecified atom stereocenters. The van der Waals surface area contributed by atoms with Crippen LogP contribution in [0, 0.1) is 0 Å². The van der Waals surface area contributed by atoms with Crippen LogP contribution in [-0.4, -0.2) is 41.7 Å². The van der Waals surface area contributed by atoms with Gasteiger partial charge in [-0.25, -0.2) is 14.6 Å². The van der Waals surface area contributed by atoms with Gasteiger partial charge in [0, 0.05) is 16.6 Å². The third-order valence-electron chi connectivity index (χ3n) is 3.42. The molecule has 2 N–H and O–H groups in total. The summed E-state index contributed by atoms with van der Waals surface area (Å²) >= 11 is 1.30. The number of hydrogen-bond acceptors (Lipinski definition) is 7. The number of benzene rings is 1. The highest BCUT2D eigenvalue weighted by molar-refractivity contribution is 7.13. The Morgan fingerprint density at radius 2 is 1.79 bits per heavy atom. The maximum atomic E-state index is 12.2. The fraction of sp³-hybridized carbons (Fsp3) is 0.368. The average molecular weight is 405 g/mol. The van der Waals surface area contributed by atoms with Crippen molar-refractivity contribution in [1.82, 2.24) is 10.3 Å². The van der Waals surface area contributed by atoms with E-state index in [2.05, 4.69) is 20.4 Å². The Balaban J connectivity index is 2.02. The predicted octanol–water partition coefficient (Wildman–Crippen LogP) is 3.45. The van der Waals surface area contributed by atoms with E-state index in [0.717, 1.165) is 5.56 Å². The highest BCUT2D eigenvalue weighted by Crippen LogP contribution is 2.25. The smallest absolute Gasteiger partial charge is 0.412 e. The minimum atomic E-state index is -0.763. The number of nitrogens with zero attached hydrogens (tertiary/aromatic N) is 1. The molecular weight excluding hydrogens is 382 g/mol. The Labute approximate surface area is 167 Å². The molecule has 1 heterocycles. The molecule has 28 heavy (non-hydrogen) atoms. The first-order chi connectivity index (χ1) is 13.1. The number of esters is 1. The zero-order valence-corrected chi connectivity index (χ0v) is 17.2. The van der Waals surface area contributed by atoms with Crippen LogP contribution in [0.1, 0.15) is 38.2 Å². The Kier molecular flexibility index (Phi) is 6.74. The van der Waals surface area contributed by atoms with Crippen LogP contribution in [-0.2, 0) is 14.3 Å². The summed E-state index contributed by atoms with van der Waals surface area (Å²) in [6, 6.07) is 6.24. The molecule has 150 valence electrons. The van der Waals surface area contributed by atoms with Gasteiger partial charge in [0.05, 0.1) is 7.11 Å². The second-order valence-corrected chi connectivity index (χ2v) is 7.82. The number of nitrogens with one attached hydrogen (secondary N) is 2. The number of aromatic nitrogens is 1. The highest BCUT2D eigenvalue weighted by Gasteiger charge is 2.19. The van der Waals surface area contributed by atoms with Crippen molar-refractivity contribution in [2.75, 3.05) is 12.4 Å². The molecule has 0 saturated carbocycles. The number of carbonyl (C=O) groups is 3. The maximum Gasteiger partial charge on any atom is 0.412 e. The van der Waals surface area contributed by atoms with E-state index in [1.165, 1.54) is 25.4 Å². The lowest BCUT2D eigenvalue weighted by Crippen LogP contribution is -2.39. The standard InChI is InChI=1S/C19H23N3O5S/c1-11(17(24)26-5)20-15(23)14-10-28-16(22-14)12-6-8-13(9-7-12)21-18(25)27-19(2,3)4/h6-11H,1-5H3,(H,20,23)(H,21,25)/t11-/m1/s1. The molecular formula is C19H23N3O5S. The van der Waals surface area contributed by atoms with Crippen LogP contribution in [0.15, 0.2) is 29.6 Å². The number of carbonyl (C=O) groups excluding carboxylic acids is 3. The number of rotatable bonds is 5. The molecule has 1 aromatic heterocycles. The summed E-state index contributed by atoms with van der Waals surface area (Å²) in [7, 11) is 1.26. The van der Waals surface area contributed by atoms with Crippen molar-refractivity contribution in [2.24, 2.45) is 0 Å². The Hall–Kier alpha value is -2.94. The second-order valence-electron chi connectivity index (χ2n) is 6.96. The number of methoxy groups -OCH3 is 1. The lowest BCUT2D eigenvalue weighted by molar-refractivity contribution is -0.142. The van der Waals surface area contributed by atoms with E-state index < -0.39 is 29.6 Å². The molecule has 0 saturated heterocycles. The molecule has 2 amide bonds. The van der Waals surface area contributed by atoms with E-state index in [-0.39, 0.29) is 5.69 Å². The van der Waals surface area contributed by atoms with E-state index in [9.17, 15) is 14.4 Å². The Bertz CT molecular complexity index is 855. The maximum absolute atomic E-state index is 12.2. The largest absolute Gasteiger partial charge is 0.467 e. The van der Waals surface area contributed by atoms with Crippen molar-refractivity contribution < 1.29 is 23.9 Å². The van der Waals surface area contributed by atoms with Crippen LogP contribution >= 0.6 is 11.3 Å². The van der Waals surface area contributed by atoms with Crippen LogP contribution in [0.4, 0.5) is 10.5 Å². The van der Waals surface area contributed by atoms with Crippen LogP contribution in [0.5, 0.6) is 0 Å². The quantitative estimate of drug-likeness (QED) is 0.738. The van der Waals surface area contributed by atoms with E-state index in [1.54, 1.807) is 50.4 Å². The molecule has 2 rings (SSSR count). The van der Waals surface area contributed by atoms with Crippen molar-refractivity contribution in [3.8, 4) is 10.6 Å². The molecule has 9 heteroatoms. The normalized spacial score (nSPS) is 12.0. The van der Waals surface area contributed by atoms with Gasteiger partial charge in [0.1, 0.15) is 22.3 Å². The predicted molar refractivity (Wildman–Crippen MR) is 106 cm³/mol. The van der Waals surface area contributed by atoms with Gasteiger partial charge < -0.3 is 14.8 Å². The molecule has 2 aromatic rings. The van der Waals surface area contributed by atoms with Gasteiger partial charge in [0.2, 0.25) is 0 Å². The minimum Gasteiger partial charge on any atom is -0.467 e. The third-order valence-corrected chi connectivity index (χ3v) is 4.31. The van der Waals surface area contributed by atoms with E-state index in [0.29, 0.717) is 10.7 Å². The summed E-state index contributed by atoms with van der Waals surface area (Å²) in [6.07, 6.45) is -0.534. The number of amides is 2. The summed E-state index contributed by atoms with van der Waals surface area (Å²) in [5.41, 5.74) is 1.01. The van der Waals surface area contributed by atoms with Gasteiger partial charge >= 0.3 is 12.1 Å². The first-order valence-corrected chi connectivity index (χ1v) is 9.41. The summed E-state index contributed by atoms with van der Waals surface area (Å²) < 4.78 is 9.78. The fourth-order valence-corrected chi connectivity index (χ4v) is 2.94. The Morgan fingerprint density at radius 3 is 2.36 bits per heavy atom. The van der Waals surface area contributed by atoms with Gasteiger partial charge in [0.25, 0.3) is 5.91 Å². The van der Waals surface area contributed by atoms with Gasteiger partial charge in [0.15, 0.2) is 0 Å². The summed E-state index contributed by atoms with van der Waals surface area (Å²) in [5, 5.41) is 7.43. The first-order valence-electron chi connectivity index (χ1n) is 8.53. The molecule has 8 nitrogen and oxygen atoms in total. The summed E-state index contributed by atoms with van der Waals surface area (Å²) in [4.78, 5) is 39.7. The SMILES string of the molecule is COC(=O)[C@@H](C)NC(=O)c1csc(-c2ccc(NC(=O)OC(C)(C)C)cc2)n1. The molecule has 0 aliphatic carbocycles. The second kappa shape index (κ2) is 8.83. The van der Waals surface area contributed by atoms with Gasteiger partial charge in [-0.2, -0.15) is 0 Å². The average Bonchev–Trinajstić information content (AvgIpc) is 3.10. The minimum absolute atomic E-state index is 0.215. The van der Waals surface area contributed by atoms with Crippen molar-refractivity contribution in [2.45, 2.75) is 39.3 Å². The van der Waals surface area contributed by atoms with E-state index >= 15 is 0 Å². The topological polar surface area (TPSA) is 107 Å². The van der Waals surface area contributed by atoms with Crippen molar-refractivity contribution in [3.63, 3.8) is 0 Å². The monoisotopic (exact) mass is 405 g/mol. The zero-order chi connectivity index (χ0) is 20.9. The number of anilines is 1. The number of thiazole rings is 1.